The predicted octanol–water partition coefficient (Wildman–Crippen LogP) is 9.55. The lowest BCUT2D eigenvalue weighted by molar-refractivity contribution is -0.306. The first kappa shape index (κ1) is 40.7. The Kier molecular flexibility index (Phi) is 10.9. The number of nitriles is 2. The zero-order chi connectivity index (χ0) is 41.6. The van der Waals surface area contributed by atoms with Crippen molar-refractivity contribution in [2.24, 2.45) is 0 Å². The normalized spacial score (nSPS) is 15.5. The van der Waals surface area contributed by atoms with E-state index >= 15 is 17.6 Å². The monoisotopic (exact) mass is 808 g/mol. The zero-order valence-corrected chi connectivity index (χ0v) is 26.7. The van der Waals surface area contributed by atoms with E-state index in [-0.39, 0.29) is 0 Å². The van der Waals surface area contributed by atoms with E-state index in [0.29, 0.717) is 24.3 Å². The third-order valence-electron chi connectivity index (χ3n) is 7.94. The molecule has 4 aromatic carbocycles. The van der Waals surface area contributed by atoms with Gasteiger partial charge in [-0.25, -0.2) is 43.9 Å². The molecule has 0 fully saturated rings. The van der Waals surface area contributed by atoms with Crippen molar-refractivity contribution in [1.29, 1.82) is 10.5 Å². The van der Waals surface area contributed by atoms with Crippen molar-refractivity contribution in [2.75, 3.05) is 0 Å². The molecule has 0 radical (unpaired) electrons. The van der Waals surface area contributed by atoms with Crippen LogP contribution in [0.2, 0.25) is 0 Å². The Hall–Kier alpha value is -6.44. The average Bonchev–Trinajstić information content (AvgIpc) is 3.13. The Labute approximate surface area is 301 Å². The minimum absolute atomic E-state index is 0.494. The molecule has 5 rings (SSSR count). The van der Waals surface area contributed by atoms with Crippen LogP contribution < -0.4 is 15.2 Å². The quantitative estimate of drug-likeness (QED) is 0.111. The topological polar surface area (TPSA) is 66.0 Å². The maximum Gasteiger partial charge on any atom is 0.573 e. The predicted molar refractivity (Wildman–Crippen MR) is 158 cm³/mol. The molecule has 4 nitrogen and oxygen atoms in total. The summed E-state index contributed by atoms with van der Waals surface area (Å²) in [6, 6.07) is 6.30. The third kappa shape index (κ3) is 7.72. The van der Waals surface area contributed by atoms with Crippen LogP contribution in [0, 0.1) is 80.8 Å². The molecule has 4 aromatic rings. The number of hydrogen-bond acceptors (Lipinski definition) is 4. The minimum Gasteiger partial charge on any atom is -0.410 e. The van der Waals surface area contributed by atoms with E-state index in [9.17, 15) is 63.2 Å². The van der Waals surface area contributed by atoms with Crippen molar-refractivity contribution in [3.63, 3.8) is 0 Å². The first-order chi connectivity index (χ1) is 26.1. The van der Waals surface area contributed by atoms with Crippen LogP contribution in [0.1, 0.15) is 29.0 Å². The number of halogens is 16. The highest BCUT2D eigenvalue weighted by Gasteiger charge is 2.35. The number of hydrogen-bond donors (Lipinski definition) is 0. The summed E-state index contributed by atoms with van der Waals surface area (Å²) < 4.78 is 234. The van der Waals surface area contributed by atoms with Crippen LogP contribution in [0.3, 0.4) is 0 Å². The van der Waals surface area contributed by atoms with Gasteiger partial charge in [-0.1, -0.05) is 24.3 Å². The van der Waals surface area contributed by atoms with Crippen LogP contribution in [0.25, 0.3) is 22.3 Å². The van der Waals surface area contributed by atoms with Gasteiger partial charge in [-0.15, -0.1) is 26.3 Å². The second-order valence-electron chi connectivity index (χ2n) is 11.3. The van der Waals surface area contributed by atoms with Crippen molar-refractivity contribution in [2.45, 2.75) is 25.1 Å². The van der Waals surface area contributed by atoms with Crippen LogP contribution in [0.5, 0.6) is 5.75 Å². The molecule has 290 valence electrons. The Balaban J connectivity index is 2.08. The number of allylic oxidation sites excluding steroid dienone is 4. The van der Waals surface area contributed by atoms with Crippen molar-refractivity contribution < 1.29 is 79.7 Å². The Morgan fingerprint density at radius 1 is 0.589 bits per heavy atom. The second kappa shape index (κ2) is 15.0. The summed E-state index contributed by atoms with van der Waals surface area (Å²) in [5.74, 6) is -29.9. The van der Waals surface area contributed by atoms with Crippen molar-refractivity contribution in [3.05, 3.63) is 146 Å². The minimum atomic E-state index is -5.39. The van der Waals surface area contributed by atoms with Gasteiger partial charge in [0, 0.05) is 17.6 Å². The summed E-state index contributed by atoms with van der Waals surface area (Å²) in [6.07, 6.45) is -9.03. The molecule has 0 N–H and O–H groups in total. The highest BCUT2D eigenvalue weighted by atomic mass is 19.4. The van der Waals surface area contributed by atoms with Crippen LogP contribution in [0.15, 0.2) is 60.4 Å². The molecule has 0 saturated carbocycles. The number of rotatable bonds is 6. The van der Waals surface area contributed by atoms with E-state index in [1.165, 1.54) is 12.1 Å². The molecule has 0 aromatic heterocycles. The van der Waals surface area contributed by atoms with E-state index in [2.05, 4.69) is 9.47 Å². The van der Waals surface area contributed by atoms with Crippen molar-refractivity contribution >= 4 is 11.1 Å². The van der Waals surface area contributed by atoms with Gasteiger partial charge in [0.25, 0.3) is 0 Å². The van der Waals surface area contributed by atoms with Gasteiger partial charge in [0.15, 0.2) is 46.5 Å². The van der Waals surface area contributed by atoms with Gasteiger partial charge in [0.05, 0.1) is 22.3 Å². The maximum atomic E-state index is 15.2. The van der Waals surface area contributed by atoms with E-state index in [0.717, 1.165) is 30.4 Å². The summed E-state index contributed by atoms with van der Waals surface area (Å²) >= 11 is 0. The fourth-order valence-corrected chi connectivity index (χ4v) is 5.68. The maximum absolute atomic E-state index is 15.2. The van der Waals surface area contributed by atoms with E-state index in [4.69, 9.17) is 0 Å². The number of benzene rings is 4. The Morgan fingerprint density at radius 3 is 1.52 bits per heavy atom. The molecule has 0 aliphatic heterocycles. The first-order valence-electron chi connectivity index (χ1n) is 14.9. The molecule has 56 heavy (non-hydrogen) atoms. The van der Waals surface area contributed by atoms with E-state index in [1.807, 2.05) is 0 Å². The average molecular weight is 808 g/mol. The first-order valence-corrected chi connectivity index (χ1v) is 14.9. The molecule has 1 atom stereocenters. The third-order valence-corrected chi connectivity index (χ3v) is 7.94. The zero-order valence-electron chi connectivity index (χ0n) is 26.7. The number of alkyl halides is 6. The summed E-state index contributed by atoms with van der Waals surface area (Å²) in [5.41, 5.74) is -9.10. The smallest absolute Gasteiger partial charge is 0.410 e. The molecule has 1 unspecified atom stereocenters. The summed E-state index contributed by atoms with van der Waals surface area (Å²) in [5, 5.41) is 18.4. The molecule has 0 bridgehead atoms. The second-order valence-corrected chi connectivity index (χ2v) is 11.3. The molecule has 0 saturated heterocycles. The molecule has 1 aliphatic carbocycles. The molecule has 1 aliphatic rings. The van der Waals surface area contributed by atoms with Gasteiger partial charge >= 0.3 is 12.7 Å². The Bertz CT molecular complexity index is 2520. The van der Waals surface area contributed by atoms with Gasteiger partial charge in [-0.3, -0.25) is 0 Å². The van der Waals surface area contributed by atoms with Crippen LogP contribution in [-0.2, 0) is 4.74 Å². The van der Waals surface area contributed by atoms with Crippen molar-refractivity contribution in [1.82, 2.24) is 0 Å². The van der Waals surface area contributed by atoms with Crippen LogP contribution >= 0.6 is 0 Å². The SMILES string of the molecule is N#C/C(c1c(F)c(F)c(F)c(F)c1F)=c1/cc(C2C=CC=C(OC(F)(F)F)C2)/c(=C(\C#N)c2c(F)c(F)c(F)c(F)c2F)cc1-c1cccc(OC(F)(F)F)c1. The highest BCUT2D eigenvalue weighted by molar-refractivity contribution is 5.84. The molecule has 0 spiro atoms. The lowest BCUT2D eigenvalue weighted by Gasteiger charge is -2.22. The molecule has 0 heterocycles. The number of ether oxygens (including phenoxy) is 2. The molecular weight excluding hydrogens is 796 g/mol. The molecule has 20 heteroatoms. The standard InChI is InChI=1S/C36H12F16N2O2/c37-25-23(26(38)30(42)33(45)29(25)41)21(11-53)19-10-18(14-4-2-6-16(8-14)56-36(50,51)52)20(9-17(19)13-3-1-5-15(7-13)55-35(47,48)49)22(12-54)24-27(39)31(43)34(46)32(44)28(24)40/h1-7,9-10,14H,8H2/b21-19+,22-20+. The molecular formula is C36H12F16N2O2. The number of nitrogens with zero attached hydrogens (tertiary/aromatic N) is 2. The van der Waals surface area contributed by atoms with E-state index < -0.39 is 144 Å². The fraction of sp³-hybridized carbons (Fsp3) is 0.111. The van der Waals surface area contributed by atoms with Gasteiger partial charge in [0.2, 0.25) is 11.6 Å². The van der Waals surface area contributed by atoms with Gasteiger partial charge in [-0.05, 0) is 52.3 Å². The molecule has 0 amide bonds. The lowest BCUT2D eigenvalue weighted by Crippen LogP contribution is -2.26. The largest absolute Gasteiger partial charge is 0.573 e. The summed E-state index contributed by atoms with van der Waals surface area (Å²) in [4.78, 5) is 0. The van der Waals surface area contributed by atoms with Gasteiger partial charge < -0.3 is 9.47 Å². The van der Waals surface area contributed by atoms with Crippen LogP contribution in [-0.4, -0.2) is 12.7 Å². The summed E-state index contributed by atoms with van der Waals surface area (Å²) in [7, 11) is 0. The summed E-state index contributed by atoms with van der Waals surface area (Å²) in [6.45, 7) is 0. The van der Waals surface area contributed by atoms with Crippen LogP contribution in [0.4, 0.5) is 70.2 Å². The highest BCUT2D eigenvalue weighted by Crippen LogP contribution is 2.35. The lowest BCUT2D eigenvalue weighted by atomic mass is 9.84. The van der Waals surface area contributed by atoms with Crippen molar-refractivity contribution in [3.8, 4) is 29.0 Å². The van der Waals surface area contributed by atoms with Gasteiger partial charge in [-0.2, -0.15) is 10.5 Å². The Morgan fingerprint density at radius 2 is 1.05 bits per heavy atom. The van der Waals surface area contributed by atoms with E-state index in [1.54, 1.807) is 0 Å². The fourth-order valence-electron chi connectivity index (χ4n) is 5.68. The van der Waals surface area contributed by atoms with Gasteiger partial charge in [0.1, 0.15) is 23.6 Å².